The highest BCUT2D eigenvalue weighted by Crippen LogP contribution is 2.27. The summed E-state index contributed by atoms with van der Waals surface area (Å²) in [5.74, 6) is -0.844. The van der Waals surface area contributed by atoms with Crippen molar-refractivity contribution >= 4 is 17.6 Å². The summed E-state index contributed by atoms with van der Waals surface area (Å²) in [4.78, 5) is 27.1. The number of aromatic carboxylic acids is 1. The minimum atomic E-state index is -0.947. The zero-order valence-corrected chi connectivity index (χ0v) is 11.3. The fourth-order valence-corrected chi connectivity index (χ4v) is 2.81. The lowest BCUT2D eigenvalue weighted by atomic mass is 9.91. The van der Waals surface area contributed by atoms with E-state index in [1.807, 2.05) is 0 Å². The molecule has 0 spiro atoms. The lowest BCUT2D eigenvalue weighted by molar-refractivity contribution is -0.122. The van der Waals surface area contributed by atoms with Crippen LogP contribution in [0, 0.1) is 0 Å². The molecule has 1 aliphatic carbocycles. The van der Waals surface area contributed by atoms with Crippen molar-refractivity contribution in [2.75, 3.05) is 24.5 Å². The van der Waals surface area contributed by atoms with Crippen molar-refractivity contribution in [2.45, 2.75) is 25.3 Å². The van der Waals surface area contributed by atoms with Crippen molar-refractivity contribution < 1.29 is 14.7 Å². The number of carbonyl (C=O) groups is 2. The van der Waals surface area contributed by atoms with Gasteiger partial charge in [0.2, 0.25) is 5.91 Å². The average Bonchev–Trinajstić information content (AvgIpc) is 2.37. The highest BCUT2D eigenvalue weighted by molar-refractivity contribution is 5.96. The molecule has 1 aliphatic heterocycles. The number of carbonyl (C=O) groups excluding carboxylic acids is 1. The molecule has 0 radical (unpaired) electrons. The summed E-state index contributed by atoms with van der Waals surface area (Å²) < 4.78 is 0. The summed E-state index contributed by atoms with van der Waals surface area (Å²) in [6.07, 6.45) is 3.69. The summed E-state index contributed by atoms with van der Waals surface area (Å²) in [6, 6.07) is 7.10. The van der Waals surface area contributed by atoms with E-state index < -0.39 is 5.97 Å². The van der Waals surface area contributed by atoms with Crippen LogP contribution in [0.1, 0.15) is 29.6 Å². The van der Waals surface area contributed by atoms with E-state index in [9.17, 15) is 9.59 Å². The zero-order chi connectivity index (χ0) is 14.1. The van der Waals surface area contributed by atoms with Gasteiger partial charge in [0.15, 0.2) is 0 Å². The maximum Gasteiger partial charge on any atom is 0.335 e. The number of nitrogens with zero attached hydrogens (tertiary/aromatic N) is 2. The second-order valence-corrected chi connectivity index (χ2v) is 5.45. The molecule has 5 heteroatoms. The number of hydrogen-bond acceptors (Lipinski definition) is 3. The molecule has 0 aromatic heterocycles. The molecule has 5 nitrogen and oxygen atoms in total. The van der Waals surface area contributed by atoms with E-state index in [2.05, 4.69) is 4.90 Å². The SMILES string of the molecule is O=C(O)c1ccc(N2CCN(C3CCC3)CC2=O)cc1. The molecular weight excluding hydrogens is 256 g/mol. The first-order valence-corrected chi connectivity index (χ1v) is 7.03. The topological polar surface area (TPSA) is 60.9 Å². The third kappa shape index (κ3) is 2.41. The van der Waals surface area contributed by atoms with Crippen molar-refractivity contribution in [3.63, 3.8) is 0 Å². The Morgan fingerprint density at radius 1 is 1.15 bits per heavy atom. The van der Waals surface area contributed by atoms with Gasteiger partial charge < -0.3 is 10.0 Å². The summed E-state index contributed by atoms with van der Waals surface area (Å²) in [5.41, 5.74) is 1.03. The molecule has 1 heterocycles. The molecule has 0 unspecified atom stereocenters. The fourth-order valence-electron chi connectivity index (χ4n) is 2.81. The van der Waals surface area contributed by atoms with Gasteiger partial charge in [-0.05, 0) is 37.1 Å². The molecule has 1 aromatic rings. The summed E-state index contributed by atoms with van der Waals surface area (Å²) in [5, 5.41) is 8.88. The molecule has 106 valence electrons. The largest absolute Gasteiger partial charge is 0.478 e. The Morgan fingerprint density at radius 2 is 1.85 bits per heavy atom. The zero-order valence-electron chi connectivity index (χ0n) is 11.3. The second kappa shape index (κ2) is 5.25. The van der Waals surface area contributed by atoms with Crippen LogP contribution in [-0.2, 0) is 4.79 Å². The second-order valence-electron chi connectivity index (χ2n) is 5.45. The van der Waals surface area contributed by atoms with E-state index in [-0.39, 0.29) is 11.5 Å². The lowest BCUT2D eigenvalue weighted by Gasteiger charge is -2.42. The Hall–Kier alpha value is -1.88. The monoisotopic (exact) mass is 274 g/mol. The van der Waals surface area contributed by atoms with Crippen LogP contribution in [0.4, 0.5) is 5.69 Å². The third-order valence-electron chi connectivity index (χ3n) is 4.27. The number of carboxylic acids is 1. The number of rotatable bonds is 3. The van der Waals surface area contributed by atoms with Gasteiger partial charge in [-0.2, -0.15) is 0 Å². The Labute approximate surface area is 117 Å². The Kier molecular flexibility index (Phi) is 3.44. The van der Waals surface area contributed by atoms with Crippen LogP contribution in [0.2, 0.25) is 0 Å². The van der Waals surface area contributed by atoms with Gasteiger partial charge in [0.25, 0.3) is 0 Å². The van der Waals surface area contributed by atoms with E-state index >= 15 is 0 Å². The first kappa shape index (κ1) is 13.1. The van der Waals surface area contributed by atoms with Gasteiger partial charge in [0.05, 0.1) is 12.1 Å². The van der Waals surface area contributed by atoms with Crippen LogP contribution in [0.5, 0.6) is 0 Å². The van der Waals surface area contributed by atoms with Crippen molar-refractivity contribution in [1.82, 2.24) is 4.90 Å². The maximum absolute atomic E-state index is 12.2. The van der Waals surface area contributed by atoms with E-state index in [1.165, 1.54) is 19.3 Å². The predicted octanol–water partition coefficient (Wildman–Crippen LogP) is 1.59. The van der Waals surface area contributed by atoms with E-state index in [0.717, 1.165) is 12.2 Å². The molecule has 2 aliphatic rings. The molecule has 2 fully saturated rings. The first-order chi connectivity index (χ1) is 9.65. The van der Waals surface area contributed by atoms with Gasteiger partial charge in [0.1, 0.15) is 0 Å². The Bertz CT molecular complexity index is 522. The van der Waals surface area contributed by atoms with Crippen molar-refractivity contribution in [1.29, 1.82) is 0 Å². The number of carboxylic acid groups (broad SMARTS) is 1. The minimum absolute atomic E-state index is 0.103. The van der Waals surface area contributed by atoms with Crippen LogP contribution >= 0.6 is 0 Å². The van der Waals surface area contributed by atoms with Gasteiger partial charge in [-0.15, -0.1) is 0 Å². The van der Waals surface area contributed by atoms with E-state index in [1.54, 1.807) is 29.2 Å². The highest BCUT2D eigenvalue weighted by atomic mass is 16.4. The smallest absolute Gasteiger partial charge is 0.335 e. The molecule has 1 saturated heterocycles. The number of amides is 1. The minimum Gasteiger partial charge on any atom is -0.478 e. The molecule has 0 bridgehead atoms. The third-order valence-corrected chi connectivity index (χ3v) is 4.27. The quantitative estimate of drug-likeness (QED) is 0.909. The van der Waals surface area contributed by atoms with Crippen LogP contribution in [0.15, 0.2) is 24.3 Å². The molecule has 1 N–H and O–H groups in total. The molecule has 1 aromatic carbocycles. The Balaban J connectivity index is 1.68. The van der Waals surface area contributed by atoms with Crippen LogP contribution in [0.3, 0.4) is 0 Å². The molecule has 0 atom stereocenters. The standard InChI is InChI=1S/C15H18N2O3/c18-14-10-16(12-2-1-3-12)8-9-17(14)13-6-4-11(5-7-13)15(19)20/h4-7,12H,1-3,8-10H2,(H,19,20). The molecule has 20 heavy (non-hydrogen) atoms. The van der Waals surface area contributed by atoms with Gasteiger partial charge in [-0.1, -0.05) is 6.42 Å². The van der Waals surface area contributed by atoms with Crippen molar-refractivity contribution in [3.05, 3.63) is 29.8 Å². The number of piperazine rings is 1. The van der Waals surface area contributed by atoms with Crippen molar-refractivity contribution in [3.8, 4) is 0 Å². The predicted molar refractivity (Wildman–Crippen MR) is 75.0 cm³/mol. The number of hydrogen-bond donors (Lipinski definition) is 1. The maximum atomic E-state index is 12.2. The summed E-state index contributed by atoms with van der Waals surface area (Å²) >= 11 is 0. The van der Waals surface area contributed by atoms with Gasteiger partial charge >= 0.3 is 5.97 Å². The Morgan fingerprint density at radius 3 is 2.35 bits per heavy atom. The normalized spacial score (nSPS) is 20.8. The summed E-state index contributed by atoms with van der Waals surface area (Å²) in [7, 11) is 0. The lowest BCUT2D eigenvalue weighted by Crippen LogP contribution is -2.55. The van der Waals surface area contributed by atoms with E-state index in [4.69, 9.17) is 5.11 Å². The molecule has 3 rings (SSSR count). The number of anilines is 1. The van der Waals surface area contributed by atoms with Crippen LogP contribution in [-0.4, -0.2) is 47.6 Å². The fraction of sp³-hybridized carbons (Fsp3) is 0.467. The average molecular weight is 274 g/mol. The molecule has 1 amide bonds. The highest BCUT2D eigenvalue weighted by Gasteiger charge is 2.32. The van der Waals surface area contributed by atoms with Gasteiger partial charge in [0, 0.05) is 24.8 Å². The van der Waals surface area contributed by atoms with Crippen LogP contribution < -0.4 is 4.90 Å². The van der Waals surface area contributed by atoms with Gasteiger partial charge in [-0.25, -0.2) is 4.79 Å². The molecular formula is C15H18N2O3. The number of benzene rings is 1. The summed E-state index contributed by atoms with van der Waals surface area (Å²) in [6.45, 7) is 2.06. The van der Waals surface area contributed by atoms with Crippen molar-refractivity contribution in [2.24, 2.45) is 0 Å². The van der Waals surface area contributed by atoms with Gasteiger partial charge in [-0.3, -0.25) is 9.69 Å². The van der Waals surface area contributed by atoms with Crippen LogP contribution in [0.25, 0.3) is 0 Å². The van der Waals surface area contributed by atoms with E-state index in [0.29, 0.717) is 19.1 Å². The first-order valence-electron chi connectivity index (χ1n) is 7.03. The molecule has 1 saturated carbocycles.